The van der Waals surface area contributed by atoms with Gasteiger partial charge in [0.05, 0.1) is 4.92 Å². The van der Waals surface area contributed by atoms with E-state index in [2.05, 4.69) is 17.2 Å². The highest BCUT2D eigenvalue weighted by Gasteiger charge is 2.33. The molecule has 0 atom stereocenters. The lowest BCUT2D eigenvalue weighted by Crippen LogP contribution is -2.35. The molecule has 0 bridgehead atoms. The molecular formula is C14H20N4O3. The normalized spacial score (nSPS) is 16.6. The lowest BCUT2D eigenvalue weighted by Gasteiger charge is -2.27. The van der Waals surface area contributed by atoms with Crippen LogP contribution in [0.2, 0.25) is 0 Å². The van der Waals surface area contributed by atoms with Gasteiger partial charge in [0, 0.05) is 6.54 Å². The van der Waals surface area contributed by atoms with Crippen molar-refractivity contribution < 1.29 is 9.72 Å². The van der Waals surface area contributed by atoms with E-state index in [1.165, 1.54) is 18.9 Å². The minimum absolute atomic E-state index is 0.0308. The number of nitrogens with two attached hydrogens (primary N) is 1. The van der Waals surface area contributed by atoms with Crippen LogP contribution in [-0.4, -0.2) is 22.4 Å². The molecule has 21 heavy (non-hydrogen) atoms. The summed E-state index contributed by atoms with van der Waals surface area (Å²) in [6, 6.07) is 1.25. The van der Waals surface area contributed by atoms with Crippen LogP contribution in [0.4, 0.5) is 11.5 Å². The average molecular weight is 292 g/mol. The van der Waals surface area contributed by atoms with Crippen molar-refractivity contribution in [1.82, 2.24) is 10.3 Å². The van der Waals surface area contributed by atoms with Gasteiger partial charge in [0.1, 0.15) is 17.6 Å². The Morgan fingerprint density at radius 2 is 2.19 bits per heavy atom. The number of rotatable bonds is 5. The number of carbonyl (C=O) groups is 1. The zero-order valence-corrected chi connectivity index (χ0v) is 12.1. The second-order valence-corrected chi connectivity index (χ2v) is 5.63. The fourth-order valence-corrected chi connectivity index (χ4v) is 2.94. The lowest BCUT2D eigenvalue weighted by atomic mass is 9.83. The Hall–Kier alpha value is -2.18. The first-order valence-electron chi connectivity index (χ1n) is 7.15. The molecule has 0 spiro atoms. The van der Waals surface area contributed by atoms with Crippen molar-refractivity contribution >= 4 is 17.4 Å². The molecule has 7 nitrogen and oxygen atoms in total. The van der Waals surface area contributed by atoms with Crippen LogP contribution in [0.5, 0.6) is 0 Å². The molecule has 1 aromatic heterocycles. The molecule has 1 aliphatic carbocycles. The van der Waals surface area contributed by atoms with Gasteiger partial charge in [-0.05, 0) is 30.7 Å². The number of nitrogen functional groups attached to an aromatic ring is 1. The van der Waals surface area contributed by atoms with Gasteiger partial charge in [0.25, 0.3) is 11.6 Å². The predicted molar refractivity (Wildman–Crippen MR) is 78.8 cm³/mol. The molecule has 0 radical (unpaired) electrons. The second kappa shape index (κ2) is 6.07. The SMILES string of the molecule is CCC1(CNC(=O)c2cc(N)ncc2[N+](=O)[O-])CCCC1. The number of hydrogen-bond donors (Lipinski definition) is 2. The number of pyridine rings is 1. The molecule has 1 aliphatic rings. The molecule has 1 fully saturated rings. The van der Waals surface area contributed by atoms with Crippen molar-refractivity contribution in [3.8, 4) is 0 Å². The first kappa shape index (κ1) is 15.2. The highest BCUT2D eigenvalue weighted by atomic mass is 16.6. The minimum atomic E-state index is -0.619. The molecule has 3 N–H and O–H groups in total. The van der Waals surface area contributed by atoms with Gasteiger partial charge in [-0.3, -0.25) is 14.9 Å². The monoisotopic (exact) mass is 292 g/mol. The standard InChI is InChI=1S/C14H20N4O3/c1-2-14(5-3-4-6-14)9-17-13(19)10-7-12(15)16-8-11(10)18(20)21/h7-8H,2-6,9H2,1H3,(H2,15,16)(H,17,19). The van der Waals surface area contributed by atoms with Crippen LogP contribution in [0.25, 0.3) is 0 Å². The van der Waals surface area contributed by atoms with Crippen molar-refractivity contribution in [2.24, 2.45) is 5.41 Å². The molecule has 114 valence electrons. The molecule has 0 aliphatic heterocycles. The van der Waals surface area contributed by atoms with Gasteiger partial charge in [-0.15, -0.1) is 0 Å². The smallest absolute Gasteiger partial charge is 0.300 e. The Morgan fingerprint density at radius 3 is 2.76 bits per heavy atom. The zero-order chi connectivity index (χ0) is 15.5. The fourth-order valence-electron chi connectivity index (χ4n) is 2.94. The molecule has 1 amide bonds. The Balaban J connectivity index is 2.13. The number of hydrogen-bond acceptors (Lipinski definition) is 5. The maximum Gasteiger partial charge on any atom is 0.300 e. The van der Waals surface area contributed by atoms with Crippen LogP contribution in [0.3, 0.4) is 0 Å². The third-order valence-electron chi connectivity index (χ3n) is 4.38. The lowest BCUT2D eigenvalue weighted by molar-refractivity contribution is -0.385. The summed E-state index contributed by atoms with van der Waals surface area (Å²) in [6.45, 7) is 2.66. The largest absolute Gasteiger partial charge is 0.384 e. The predicted octanol–water partition coefficient (Wildman–Crippen LogP) is 2.27. The number of carbonyl (C=O) groups excluding carboxylic acids is 1. The number of nitrogens with zero attached hydrogens (tertiary/aromatic N) is 2. The van der Waals surface area contributed by atoms with Crippen molar-refractivity contribution in [2.75, 3.05) is 12.3 Å². The van der Waals surface area contributed by atoms with Crippen molar-refractivity contribution in [2.45, 2.75) is 39.0 Å². The van der Waals surface area contributed by atoms with Gasteiger partial charge in [-0.2, -0.15) is 0 Å². The molecule has 1 saturated carbocycles. The average Bonchev–Trinajstić information content (AvgIpc) is 2.94. The third-order valence-corrected chi connectivity index (χ3v) is 4.38. The number of aromatic nitrogens is 1. The fraction of sp³-hybridized carbons (Fsp3) is 0.571. The van der Waals surface area contributed by atoms with Crippen LogP contribution in [0.15, 0.2) is 12.3 Å². The van der Waals surface area contributed by atoms with E-state index in [0.29, 0.717) is 6.54 Å². The maximum atomic E-state index is 12.2. The quantitative estimate of drug-likeness (QED) is 0.638. The van der Waals surface area contributed by atoms with Crippen LogP contribution in [0, 0.1) is 15.5 Å². The van der Waals surface area contributed by atoms with Gasteiger partial charge >= 0.3 is 0 Å². The van der Waals surface area contributed by atoms with Gasteiger partial charge in [-0.1, -0.05) is 19.8 Å². The summed E-state index contributed by atoms with van der Waals surface area (Å²) in [5, 5.41) is 13.8. The van der Waals surface area contributed by atoms with Gasteiger partial charge < -0.3 is 11.1 Å². The Bertz CT molecular complexity index is 553. The Morgan fingerprint density at radius 1 is 1.52 bits per heavy atom. The third kappa shape index (κ3) is 3.29. The molecule has 0 unspecified atom stereocenters. The second-order valence-electron chi connectivity index (χ2n) is 5.63. The van der Waals surface area contributed by atoms with Crippen LogP contribution >= 0.6 is 0 Å². The van der Waals surface area contributed by atoms with E-state index in [0.717, 1.165) is 25.5 Å². The molecule has 1 heterocycles. The van der Waals surface area contributed by atoms with E-state index in [1.807, 2.05) is 0 Å². The summed E-state index contributed by atoms with van der Waals surface area (Å²) in [5.74, 6) is -0.368. The van der Waals surface area contributed by atoms with Crippen LogP contribution in [-0.2, 0) is 0 Å². The van der Waals surface area contributed by atoms with E-state index >= 15 is 0 Å². The molecule has 0 aromatic carbocycles. The minimum Gasteiger partial charge on any atom is -0.384 e. The van der Waals surface area contributed by atoms with E-state index in [4.69, 9.17) is 5.73 Å². The number of nitro groups is 1. The molecule has 1 aromatic rings. The van der Waals surface area contributed by atoms with Crippen molar-refractivity contribution in [3.05, 3.63) is 27.9 Å². The molecule has 2 rings (SSSR count). The van der Waals surface area contributed by atoms with Crippen molar-refractivity contribution in [3.63, 3.8) is 0 Å². The van der Waals surface area contributed by atoms with E-state index in [9.17, 15) is 14.9 Å². The summed E-state index contributed by atoms with van der Waals surface area (Å²) >= 11 is 0. The first-order chi connectivity index (χ1) is 9.97. The highest BCUT2D eigenvalue weighted by molar-refractivity contribution is 5.98. The summed E-state index contributed by atoms with van der Waals surface area (Å²) < 4.78 is 0. The Labute approximate surface area is 123 Å². The van der Waals surface area contributed by atoms with E-state index in [-0.39, 0.29) is 22.5 Å². The van der Waals surface area contributed by atoms with Gasteiger partial charge in [0.15, 0.2) is 0 Å². The van der Waals surface area contributed by atoms with Crippen molar-refractivity contribution in [1.29, 1.82) is 0 Å². The number of nitrogens with one attached hydrogen (secondary N) is 1. The van der Waals surface area contributed by atoms with Gasteiger partial charge in [0.2, 0.25) is 0 Å². The van der Waals surface area contributed by atoms with Crippen LogP contribution in [0.1, 0.15) is 49.4 Å². The summed E-state index contributed by atoms with van der Waals surface area (Å²) in [5.41, 5.74) is 5.30. The molecule has 7 heteroatoms. The molecular weight excluding hydrogens is 272 g/mol. The van der Waals surface area contributed by atoms with Gasteiger partial charge in [-0.25, -0.2) is 4.98 Å². The zero-order valence-electron chi connectivity index (χ0n) is 12.1. The number of amides is 1. The summed E-state index contributed by atoms with van der Waals surface area (Å²) in [4.78, 5) is 26.2. The first-order valence-corrected chi connectivity index (χ1v) is 7.15. The highest BCUT2D eigenvalue weighted by Crippen LogP contribution is 2.40. The maximum absolute atomic E-state index is 12.2. The van der Waals surface area contributed by atoms with Crippen LogP contribution < -0.4 is 11.1 Å². The Kier molecular flexibility index (Phi) is 4.40. The topological polar surface area (TPSA) is 111 Å². The van der Waals surface area contributed by atoms with E-state index in [1.54, 1.807) is 0 Å². The van der Waals surface area contributed by atoms with E-state index < -0.39 is 10.8 Å². The summed E-state index contributed by atoms with van der Waals surface area (Å²) in [6.07, 6.45) is 6.54. The molecule has 0 saturated heterocycles. The number of anilines is 1. The summed E-state index contributed by atoms with van der Waals surface area (Å²) in [7, 11) is 0.